The largest absolute Gasteiger partial charge is 0.338 e. The van der Waals surface area contributed by atoms with Crippen LogP contribution in [0.2, 0.25) is 0 Å². The predicted molar refractivity (Wildman–Crippen MR) is 64.9 cm³/mol. The lowest BCUT2D eigenvalue weighted by molar-refractivity contribution is -0.133. The second kappa shape index (κ2) is 4.74. The SMILES string of the molecule is CC(C)CC(N)C(=O)N(CC1CC1)C1CC1. The van der Waals surface area contributed by atoms with Crippen LogP contribution in [0.3, 0.4) is 0 Å². The molecule has 2 aliphatic carbocycles. The number of hydrogen-bond acceptors (Lipinski definition) is 2. The zero-order valence-electron chi connectivity index (χ0n) is 10.5. The van der Waals surface area contributed by atoms with Gasteiger partial charge in [-0.2, -0.15) is 0 Å². The molecular formula is C13H24N2O. The number of nitrogens with two attached hydrogens (primary N) is 1. The Bertz CT molecular complexity index is 257. The summed E-state index contributed by atoms with van der Waals surface area (Å²) >= 11 is 0. The molecule has 0 radical (unpaired) electrons. The van der Waals surface area contributed by atoms with Gasteiger partial charge in [0.15, 0.2) is 0 Å². The van der Waals surface area contributed by atoms with Gasteiger partial charge in [0, 0.05) is 12.6 Å². The van der Waals surface area contributed by atoms with E-state index in [1.807, 2.05) is 0 Å². The van der Waals surface area contributed by atoms with Crippen LogP contribution in [-0.4, -0.2) is 29.4 Å². The van der Waals surface area contributed by atoms with Crippen LogP contribution < -0.4 is 5.73 Å². The highest BCUT2D eigenvalue weighted by molar-refractivity contribution is 5.82. The maximum Gasteiger partial charge on any atom is 0.239 e. The second-order valence-electron chi connectivity index (χ2n) is 5.90. The monoisotopic (exact) mass is 224 g/mol. The summed E-state index contributed by atoms with van der Waals surface area (Å²) in [6.07, 6.45) is 5.79. The predicted octanol–water partition coefficient (Wildman–Crippen LogP) is 1.76. The molecule has 0 aromatic heterocycles. The van der Waals surface area contributed by atoms with Gasteiger partial charge in [0.05, 0.1) is 6.04 Å². The van der Waals surface area contributed by atoms with Crippen LogP contribution in [0.15, 0.2) is 0 Å². The molecule has 0 aliphatic heterocycles. The fourth-order valence-corrected chi connectivity index (χ4v) is 2.21. The Balaban J connectivity index is 1.87. The first-order valence-electron chi connectivity index (χ1n) is 6.64. The molecule has 2 N–H and O–H groups in total. The molecule has 0 saturated heterocycles. The molecule has 92 valence electrons. The summed E-state index contributed by atoms with van der Waals surface area (Å²) in [6.45, 7) is 5.21. The molecule has 2 aliphatic rings. The third-order valence-electron chi connectivity index (χ3n) is 3.47. The van der Waals surface area contributed by atoms with Crippen molar-refractivity contribution >= 4 is 5.91 Å². The quantitative estimate of drug-likeness (QED) is 0.747. The number of rotatable bonds is 6. The van der Waals surface area contributed by atoms with Gasteiger partial charge in [-0.1, -0.05) is 13.8 Å². The van der Waals surface area contributed by atoms with Crippen LogP contribution in [0.1, 0.15) is 46.0 Å². The lowest BCUT2D eigenvalue weighted by Crippen LogP contribution is -2.46. The van der Waals surface area contributed by atoms with Gasteiger partial charge in [-0.15, -0.1) is 0 Å². The summed E-state index contributed by atoms with van der Waals surface area (Å²) in [6, 6.07) is 0.241. The molecule has 3 nitrogen and oxygen atoms in total. The smallest absolute Gasteiger partial charge is 0.239 e. The Morgan fingerprint density at radius 3 is 2.38 bits per heavy atom. The lowest BCUT2D eigenvalue weighted by Gasteiger charge is -2.26. The molecular weight excluding hydrogens is 200 g/mol. The van der Waals surface area contributed by atoms with Gasteiger partial charge in [0.1, 0.15) is 0 Å². The zero-order chi connectivity index (χ0) is 11.7. The van der Waals surface area contributed by atoms with Crippen molar-refractivity contribution in [2.75, 3.05) is 6.54 Å². The van der Waals surface area contributed by atoms with Crippen LogP contribution in [0.4, 0.5) is 0 Å². The van der Waals surface area contributed by atoms with Crippen molar-refractivity contribution in [3.05, 3.63) is 0 Å². The van der Waals surface area contributed by atoms with Gasteiger partial charge in [0.25, 0.3) is 0 Å². The fraction of sp³-hybridized carbons (Fsp3) is 0.923. The Morgan fingerprint density at radius 2 is 1.94 bits per heavy atom. The van der Waals surface area contributed by atoms with E-state index in [9.17, 15) is 4.79 Å². The average molecular weight is 224 g/mol. The topological polar surface area (TPSA) is 46.3 Å². The van der Waals surface area contributed by atoms with Gasteiger partial charge in [0.2, 0.25) is 5.91 Å². The van der Waals surface area contributed by atoms with Crippen LogP contribution >= 0.6 is 0 Å². The molecule has 2 rings (SSSR count). The molecule has 1 atom stereocenters. The Kier molecular flexibility index (Phi) is 3.53. The number of carbonyl (C=O) groups excluding carboxylic acids is 1. The molecule has 3 heteroatoms. The first-order valence-corrected chi connectivity index (χ1v) is 6.64. The van der Waals surface area contributed by atoms with E-state index in [2.05, 4.69) is 18.7 Å². The van der Waals surface area contributed by atoms with Crippen molar-refractivity contribution in [2.45, 2.75) is 58.0 Å². The highest BCUT2D eigenvalue weighted by Crippen LogP contribution is 2.35. The summed E-state index contributed by atoms with van der Waals surface area (Å²) in [7, 11) is 0. The Hall–Kier alpha value is -0.570. The van der Waals surface area contributed by atoms with Crippen molar-refractivity contribution in [2.24, 2.45) is 17.6 Å². The standard InChI is InChI=1S/C13H24N2O/c1-9(2)7-12(14)13(16)15(11-5-6-11)8-10-3-4-10/h9-12H,3-8,14H2,1-2H3. The minimum Gasteiger partial charge on any atom is -0.338 e. The van der Waals surface area contributed by atoms with E-state index in [1.165, 1.54) is 25.7 Å². The Labute approximate surface area is 98.4 Å². The summed E-state index contributed by atoms with van der Waals surface area (Å²) in [4.78, 5) is 14.3. The zero-order valence-corrected chi connectivity index (χ0v) is 10.5. The summed E-state index contributed by atoms with van der Waals surface area (Å²) < 4.78 is 0. The average Bonchev–Trinajstić information content (AvgIpc) is 3.03. The van der Waals surface area contributed by atoms with Crippen LogP contribution in [0.25, 0.3) is 0 Å². The van der Waals surface area contributed by atoms with Gasteiger partial charge in [-0.25, -0.2) is 0 Å². The minimum atomic E-state index is -0.278. The number of carbonyl (C=O) groups is 1. The molecule has 1 amide bonds. The lowest BCUT2D eigenvalue weighted by atomic mass is 10.0. The molecule has 2 saturated carbocycles. The second-order valence-corrected chi connectivity index (χ2v) is 5.90. The molecule has 0 aromatic rings. The van der Waals surface area contributed by atoms with Crippen LogP contribution in [0, 0.1) is 11.8 Å². The van der Waals surface area contributed by atoms with Gasteiger partial charge in [-0.05, 0) is 43.9 Å². The first kappa shape index (κ1) is 11.9. The summed E-state index contributed by atoms with van der Waals surface area (Å²) in [5.41, 5.74) is 5.99. The first-order chi connectivity index (χ1) is 7.58. The third kappa shape index (κ3) is 3.21. The number of amides is 1. The molecule has 1 unspecified atom stereocenters. The van der Waals surface area contributed by atoms with E-state index in [4.69, 9.17) is 5.73 Å². The molecule has 16 heavy (non-hydrogen) atoms. The van der Waals surface area contributed by atoms with Gasteiger partial charge >= 0.3 is 0 Å². The minimum absolute atomic E-state index is 0.197. The number of nitrogens with zero attached hydrogens (tertiary/aromatic N) is 1. The molecule has 0 bridgehead atoms. The van der Waals surface area contributed by atoms with E-state index in [1.54, 1.807) is 0 Å². The van der Waals surface area contributed by atoms with Crippen LogP contribution in [-0.2, 0) is 4.79 Å². The maximum atomic E-state index is 12.2. The highest BCUT2D eigenvalue weighted by Gasteiger charge is 2.38. The summed E-state index contributed by atoms with van der Waals surface area (Å²) in [5, 5.41) is 0. The van der Waals surface area contributed by atoms with Crippen molar-refractivity contribution in [1.82, 2.24) is 4.90 Å². The summed E-state index contributed by atoms with van der Waals surface area (Å²) in [5.74, 6) is 1.47. The molecule has 2 fully saturated rings. The van der Waals surface area contributed by atoms with E-state index >= 15 is 0 Å². The van der Waals surface area contributed by atoms with Gasteiger partial charge < -0.3 is 10.6 Å². The van der Waals surface area contributed by atoms with E-state index in [0.29, 0.717) is 12.0 Å². The highest BCUT2D eigenvalue weighted by atomic mass is 16.2. The molecule has 0 heterocycles. The van der Waals surface area contributed by atoms with Crippen molar-refractivity contribution < 1.29 is 4.79 Å². The van der Waals surface area contributed by atoms with E-state index < -0.39 is 0 Å². The van der Waals surface area contributed by atoms with E-state index in [0.717, 1.165) is 18.9 Å². The molecule has 0 spiro atoms. The maximum absolute atomic E-state index is 12.2. The normalized spacial score (nSPS) is 22.2. The van der Waals surface area contributed by atoms with Gasteiger partial charge in [-0.3, -0.25) is 4.79 Å². The molecule has 0 aromatic carbocycles. The van der Waals surface area contributed by atoms with E-state index in [-0.39, 0.29) is 11.9 Å². The van der Waals surface area contributed by atoms with Crippen molar-refractivity contribution in [3.63, 3.8) is 0 Å². The van der Waals surface area contributed by atoms with Crippen LogP contribution in [0.5, 0.6) is 0 Å². The third-order valence-corrected chi connectivity index (χ3v) is 3.47. The fourth-order valence-electron chi connectivity index (χ4n) is 2.21. The number of hydrogen-bond donors (Lipinski definition) is 1. The Morgan fingerprint density at radius 1 is 1.31 bits per heavy atom. The van der Waals surface area contributed by atoms with Crippen molar-refractivity contribution in [3.8, 4) is 0 Å². The van der Waals surface area contributed by atoms with Crippen molar-refractivity contribution in [1.29, 1.82) is 0 Å².